The molecule has 0 fully saturated rings. The number of aromatic nitrogens is 1. The van der Waals surface area contributed by atoms with Gasteiger partial charge in [0.25, 0.3) is 0 Å². The van der Waals surface area contributed by atoms with Gasteiger partial charge in [0, 0.05) is 39.5 Å². The number of rotatable bonds is 5. The lowest BCUT2D eigenvalue weighted by Gasteiger charge is -2.36. The van der Waals surface area contributed by atoms with E-state index in [0.717, 1.165) is 29.9 Å². The van der Waals surface area contributed by atoms with Gasteiger partial charge >= 0.3 is 0 Å². The van der Waals surface area contributed by atoms with E-state index in [4.69, 9.17) is 0 Å². The quantitative estimate of drug-likeness (QED) is 0.180. The number of fused-ring (bicyclic) bond motifs is 1. The number of hydrogen-bond donors (Lipinski definition) is 0. The molecular formula is C44H34N4. The normalized spacial score (nSPS) is 16.7. The lowest BCUT2D eigenvalue weighted by molar-refractivity contribution is 0.449. The molecule has 0 amide bonds. The molecular weight excluding hydrogens is 585 g/mol. The largest absolute Gasteiger partial charge is 0.332 e. The first-order valence-corrected chi connectivity index (χ1v) is 16.7. The highest BCUT2D eigenvalue weighted by Gasteiger charge is 2.46. The molecule has 4 heteroatoms. The van der Waals surface area contributed by atoms with Crippen LogP contribution in [0.3, 0.4) is 0 Å². The summed E-state index contributed by atoms with van der Waals surface area (Å²) in [5.74, 6) is 0. The van der Waals surface area contributed by atoms with Crippen molar-refractivity contribution < 1.29 is 0 Å². The molecule has 7 aromatic rings. The van der Waals surface area contributed by atoms with Gasteiger partial charge < -0.3 is 9.80 Å². The van der Waals surface area contributed by atoms with E-state index in [1.54, 1.807) is 0 Å². The van der Waals surface area contributed by atoms with Gasteiger partial charge in [0.15, 0.2) is 0 Å². The molecule has 1 aliphatic carbocycles. The average Bonchev–Trinajstić information content (AvgIpc) is 3.37. The molecule has 0 radical (unpaired) electrons. The van der Waals surface area contributed by atoms with Crippen LogP contribution in [0.2, 0.25) is 0 Å². The molecule has 2 heterocycles. The van der Waals surface area contributed by atoms with Crippen molar-refractivity contribution in [2.24, 2.45) is 0 Å². The van der Waals surface area contributed by atoms with Gasteiger partial charge in [-0.05, 0) is 94.1 Å². The molecule has 0 spiro atoms. The molecule has 0 N–H and O–H groups in total. The second kappa shape index (κ2) is 10.8. The average molecular weight is 619 g/mol. The van der Waals surface area contributed by atoms with Crippen molar-refractivity contribution in [1.82, 2.24) is 4.98 Å². The van der Waals surface area contributed by atoms with Crippen LogP contribution in [0.1, 0.15) is 49.4 Å². The third kappa shape index (κ3) is 4.18. The Labute approximate surface area is 280 Å². The minimum Gasteiger partial charge on any atom is -0.332 e. The van der Waals surface area contributed by atoms with Crippen LogP contribution in [-0.4, -0.2) is 4.98 Å². The number of anilines is 4. The number of nitrogens with zero attached hydrogens (tertiary/aromatic N) is 4. The summed E-state index contributed by atoms with van der Waals surface area (Å²) in [7, 11) is 0. The number of allylic oxidation sites excluding steroid dienone is 3. The van der Waals surface area contributed by atoms with Gasteiger partial charge in [-0.1, -0.05) is 92.7 Å². The topological polar surface area (TPSA) is 43.2 Å². The lowest BCUT2D eigenvalue weighted by atomic mass is 9.77. The Morgan fingerprint density at radius 1 is 0.792 bits per heavy atom. The maximum absolute atomic E-state index is 9.84. The predicted octanol–water partition coefficient (Wildman–Crippen LogP) is 11.4. The van der Waals surface area contributed by atoms with Gasteiger partial charge in [-0.2, -0.15) is 5.26 Å². The Morgan fingerprint density at radius 3 is 2.29 bits per heavy atom. The zero-order valence-corrected chi connectivity index (χ0v) is 27.1. The van der Waals surface area contributed by atoms with Crippen molar-refractivity contribution in [1.29, 1.82) is 5.26 Å². The van der Waals surface area contributed by atoms with Gasteiger partial charge in [0.1, 0.15) is 0 Å². The smallest absolute Gasteiger partial charge is 0.0991 e. The monoisotopic (exact) mass is 618 g/mol. The molecule has 1 aliphatic heterocycles. The third-order valence-electron chi connectivity index (χ3n) is 10.4. The predicted molar refractivity (Wildman–Crippen MR) is 198 cm³/mol. The fourth-order valence-electron chi connectivity index (χ4n) is 8.26. The minimum absolute atomic E-state index is 0.0442. The van der Waals surface area contributed by atoms with Crippen LogP contribution in [-0.2, 0) is 5.41 Å². The van der Waals surface area contributed by atoms with Crippen molar-refractivity contribution >= 4 is 55.1 Å². The number of pyridine rings is 1. The summed E-state index contributed by atoms with van der Waals surface area (Å²) in [4.78, 5) is 9.38. The van der Waals surface area contributed by atoms with Crippen molar-refractivity contribution in [2.45, 2.75) is 38.1 Å². The van der Waals surface area contributed by atoms with Crippen molar-refractivity contribution in [3.8, 4) is 6.07 Å². The second-order valence-corrected chi connectivity index (χ2v) is 13.5. The van der Waals surface area contributed by atoms with Gasteiger partial charge in [0.2, 0.25) is 0 Å². The molecule has 4 nitrogen and oxygen atoms in total. The zero-order chi connectivity index (χ0) is 32.4. The minimum atomic E-state index is -0.244. The maximum Gasteiger partial charge on any atom is 0.0991 e. The van der Waals surface area contributed by atoms with E-state index in [9.17, 15) is 5.26 Å². The molecule has 2 aliphatic rings. The van der Waals surface area contributed by atoms with Crippen LogP contribution in [0.15, 0.2) is 146 Å². The number of benzene rings is 6. The molecule has 1 unspecified atom stereocenters. The van der Waals surface area contributed by atoms with Crippen molar-refractivity contribution in [3.63, 3.8) is 0 Å². The summed E-state index contributed by atoms with van der Waals surface area (Å²) >= 11 is 0. The summed E-state index contributed by atoms with van der Waals surface area (Å²) < 4.78 is 0. The summed E-state index contributed by atoms with van der Waals surface area (Å²) in [5, 5.41) is 17.3. The highest BCUT2D eigenvalue weighted by Crippen LogP contribution is 2.57. The molecule has 9 rings (SSSR count). The summed E-state index contributed by atoms with van der Waals surface area (Å²) in [6.45, 7) is 4.63. The van der Waals surface area contributed by atoms with E-state index in [1.807, 2.05) is 24.5 Å². The molecule has 1 atom stereocenters. The van der Waals surface area contributed by atoms with Crippen LogP contribution < -0.4 is 9.80 Å². The Bertz CT molecular complexity index is 2450. The first kappa shape index (κ1) is 28.3. The number of hydrogen-bond acceptors (Lipinski definition) is 4. The van der Waals surface area contributed by atoms with Crippen LogP contribution in [0, 0.1) is 11.3 Å². The fraction of sp³-hybridized carbons (Fsp3) is 0.136. The van der Waals surface area contributed by atoms with Crippen LogP contribution in [0.5, 0.6) is 0 Å². The first-order chi connectivity index (χ1) is 23.5. The highest BCUT2D eigenvalue weighted by molar-refractivity contribution is 6.27. The first-order valence-electron chi connectivity index (χ1n) is 16.7. The Kier molecular flexibility index (Phi) is 6.39. The van der Waals surface area contributed by atoms with Crippen molar-refractivity contribution in [2.75, 3.05) is 9.80 Å². The Morgan fingerprint density at radius 2 is 1.54 bits per heavy atom. The lowest BCUT2D eigenvalue weighted by Crippen LogP contribution is -2.31. The molecule has 230 valence electrons. The summed E-state index contributed by atoms with van der Waals surface area (Å²) in [6.07, 6.45) is 12.7. The SMILES string of the molecule is CC1(C)c2cc(C#N)ccc2N(c2ccc3ccc4c(N(C5=CCCC=C5)c5cccnc5)ccc5ccc2c3c54)C1c1ccccc1. The van der Waals surface area contributed by atoms with E-state index in [-0.39, 0.29) is 11.5 Å². The molecule has 0 saturated carbocycles. The van der Waals surface area contributed by atoms with Gasteiger partial charge in [0.05, 0.1) is 35.2 Å². The Balaban J connectivity index is 1.31. The highest BCUT2D eigenvalue weighted by atomic mass is 15.2. The summed E-state index contributed by atoms with van der Waals surface area (Å²) in [6, 6.07) is 41.8. The van der Waals surface area contributed by atoms with Crippen molar-refractivity contribution in [3.05, 3.63) is 162 Å². The number of nitriles is 1. The molecule has 48 heavy (non-hydrogen) atoms. The third-order valence-corrected chi connectivity index (χ3v) is 10.4. The zero-order valence-electron chi connectivity index (χ0n) is 27.1. The molecule has 0 saturated heterocycles. The standard InChI is InChI=1S/C44H34N4/c1-44(2)37-26-29(27-45)15-22-40(37)48(43(44)32-10-5-3-6-11-32)39-24-19-31-16-20-35-38(23-18-30-17-21-36(39)42(31)41(30)35)47(33-12-7-4-8-13-33)34-14-9-25-46-28-34/h3,5-7,9-26,28,43H,4,8H2,1-2H3. The van der Waals surface area contributed by atoms with E-state index < -0.39 is 0 Å². The second-order valence-electron chi connectivity index (χ2n) is 13.5. The maximum atomic E-state index is 9.84. The van der Waals surface area contributed by atoms with Gasteiger partial charge in [-0.15, -0.1) is 0 Å². The van der Waals surface area contributed by atoms with E-state index in [2.05, 4.69) is 150 Å². The van der Waals surface area contributed by atoms with Crippen LogP contribution in [0.4, 0.5) is 22.7 Å². The fourth-order valence-corrected chi connectivity index (χ4v) is 8.26. The summed E-state index contributed by atoms with van der Waals surface area (Å²) in [5.41, 5.74) is 8.60. The van der Waals surface area contributed by atoms with E-state index in [1.165, 1.54) is 54.8 Å². The van der Waals surface area contributed by atoms with E-state index in [0.29, 0.717) is 5.56 Å². The Hall–Kier alpha value is -5.92. The van der Waals surface area contributed by atoms with Crippen LogP contribution in [0.25, 0.3) is 32.3 Å². The molecule has 6 aromatic carbocycles. The van der Waals surface area contributed by atoms with Gasteiger partial charge in [-0.25, -0.2) is 0 Å². The van der Waals surface area contributed by atoms with Crippen LogP contribution >= 0.6 is 0 Å². The molecule has 1 aromatic heterocycles. The van der Waals surface area contributed by atoms with E-state index >= 15 is 0 Å². The molecule has 0 bridgehead atoms. The van der Waals surface area contributed by atoms with Gasteiger partial charge in [-0.3, -0.25) is 4.98 Å².